The normalized spacial score (nSPS) is 16.9. The number of alkyl carbamates (subject to hydrolysis) is 1. The molecule has 2 aliphatic carbocycles. The van der Waals surface area contributed by atoms with Gasteiger partial charge >= 0.3 is 12.1 Å². The number of carbonyl (C=O) groups excluding carboxylic acids is 2. The van der Waals surface area contributed by atoms with Gasteiger partial charge in [0.2, 0.25) is 5.91 Å². The third-order valence-electron chi connectivity index (χ3n) is 6.93. The highest BCUT2D eigenvalue weighted by molar-refractivity contribution is 5.80. The van der Waals surface area contributed by atoms with E-state index in [-0.39, 0.29) is 37.2 Å². The van der Waals surface area contributed by atoms with Crippen molar-refractivity contribution in [1.82, 2.24) is 10.6 Å². The third kappa shape index (κ3) is 5.41. The molecule has 1 unspecified atom stereocenters. The van der Waals surface area contributed by atoms with E-state index in [1.807, 2.05) is 31.2 Å². The van der Waals surface area contributed by atoms with Crippen molar-refractivity contribution in [3.8, 4) is 11.1 Å². The van der Waals surface area contributed by atoms with Crippen molar-refractivity contribution < 1.29 is 24.2 Å². The Kier molecular flexibility index (Phi) is 7.20. The van der Waals surface area contributed by atoms with Gasteiger partial charge in [-0.3, -0.25) is 9.59 Å². The average molecular weight is 465 g/mol. The van der Waals surface area contributed by atoms with Crippen LogP contribution < -0.4 is 10.6 Å². The molecule has 0 aromatic heterocycles. The van der Waals surface area contributed by atoms with Crippen LogP contribution in [0, 0.1) is 5.92 Å². The lowest BCUT2D eigenvalue weighted by Gasteiger charge is -2.29. The quantitative estimate of drug-likeness (QED) is 0.508. The SMILES string of the molecule is CC(CNC(=O)OCC1c2ccccc2-c2ccccc21)CC(=O)NC1(CC(=O)O)CCCC1. The van der Waals surface area contributed by atoms with Gasteiger partial charge in [-0.2, -0.15) is 0 Å². The minimum Gasteiger partial charge on any atom is -0.481 e. The highest BCUT2D eigenvalue weighted by Crippen LogP contribution is 2.44. The smallest absolute Gasteiger partial charge is 0.407 e. The number of hydrogen-bond acceptors (Lipinski definition) is 4. The van der Waals surface area contributed by atoms with Crippen molar-refractivity contribution in [2.75, 3.05) is 13.2 Å². The van der Waals surface area contributed by atoms with E-state index in [9.17, 15) is 19.5 Å². The lowest BCUT2D eigenvalue weighted by atomic mass is 9.92. The zero-order valence-electron chi connectivity index (χ0n) is 19.5. The molecule has 0 bridgehead atoms. The van der Waals surface area contributed by atoms with Crippen LogP contribution in [0.5, 0.6) is 0 Å². The molecule has 2 aliphatic rings. The fraction of sp³-hybridized carbons (Fsp3) is 0.444. The van der Waals surface area contributed by atoms with Crippen LogP contribution in [0.25, 0.3) is 11.1 Å². The first-order valence-corrected chi connectivity index (χ1v) is 12.0. The molecule has 2 aromatic carbocycles. The molecule has 2 aromatic rings. The molecule has 2 amide bonds. The summed E-state index contributed by atoms with van der Waals surface area (Å²) in [7, 11) is 0. The highest BCUT2D eigenvalue weighted by Gasteiger charge is 2.37. The van der Waals surface area contributed by atoms with E-state index in [1.165, 1.54) is 11.1 Å². The van der Waals surface area contributed by atoms with Crippen molar-refractivity contribution in [2.24, 2.45) is 5.92 Å². The Balaban J connectivity index is 1.24. The van der Waals surface area contributed by atoms with Crippen molar-refractivity contribution in [2.45, 2.75) is 56.9 Å². The highest BCUT2D eigenvalue weighted by atomic mass is 16.5. The van der Waals surface area contributed by atoms with E-state index >= 15 is 0 Å². The zero-order valence-corrected chi connectivity index (χ0v) is 19.5. The standard InChI is InChI=1S/C27H32N2O5/c1-18(14-24(30)29-27(15-25(31)32)12-6-7-13-27)16-28-26(33)34-17-23-21-10-4-2-8-19(21)20-9-3-5-11-22(20)23/h2-5,8-11,18,23H,6-7,12-17H2,1H3,(H,28,33)(H,29,30)(H,31,32). The number of nitrogens with one attached hydrogen (secondary N) is 2. The number of benzene rings is 2. The Hall–Kier alpha value is -3.35. The first-order chi connectivity index (χ1) is 16.4. The number of rotatable bonds is 9. The summed E-state index contributed by atoms with van der Waals surface area (Å²) >= 11 is 0. The van der Waals surface area contributed by atoms with Gasteiger partial charge in [-0.05, 0) is 41.0 Å². The van der Waals surface area contributed by atoms with Gasteiger partial charge in [0.05, 0.1) is 12.0 Å². The molecule has 34 heavy (non-hydrogen) atoms. The number of carboxylic acid groups (broad SMARTS) is 1. The van der Waals surface area contributed by atoms with Crippen LogP contribution in [0.2, 0.25) is 0 Å². The average Bonchev–Trinajstić information content (AvgIpc) is 3.38. The molecular weight excluding hydrogens is 432 g/mol. The second-order valence-corrected chi connectivity index (χ2v) is 9.62. The van der Waals surface area contributed by atoms with Crippen molar-refractivity contribution in [3.63, 3.8) is 0 Å². The number of carbonyl (C=O) groups is 3. The minimum atomic E-state index is -0.896. The molecule has 0 spiro atoms. The van der Waals surface area contributed by atoms with Crippen molar-refractivity contribution >= 4 is 18.0 Å². The number of aliphatic carboxylic acids is 1. The van der Waals surface area contributed by atoms with E-state index in [1.54, 1.807) is 0 Å². The summed E-state index contributed by atoms with van der Waals surface area (Å²) in [6.07, 6.45) is 2.89. The maximum Gasteiger partial charge on any atom is 0.407 e. The molecule has 0 radical (unpaired) electrons. The number of hydrogen-bond donors (Lipinski definition) is 3. The van der Waals surface area contributed by atoms with Gasteiger partial charge in [0.25, 0.3) is 0 Å². The van der Waals surface area contributed by atoms with E-state index in [0.717, 1.165) is 24.0 Å². The summed E-state index contributed by atoms with van der Waals surface area (Å²) in [4.78, 5) is 36.1. The molecule has 0 heterocycles. The third-order valence-corrected chi connectivity index (χ3v) is 6.93. The number of amides is 2. The number of carboxylic acids is 1. The first kappa shape index (κ1) is 23.8. The van der Waals surface area contributed by atoms with E-state index in [4.69, 9.17) is 4.74 Å². The van der Waals surface area contributed by atoms with Gasteiger partial charge in [0.1, 0.15) is 6.61 Å². The summed E-state index contributed by atoms with van der Waals surface area (Å²) in [6.45, 7) is 2.42. The molecule has 7 nitrogen and oxygen atoms in total. The predicted molar refractivity (Wildman–Crippen MR) is 128 cm³/mol. The van der Waals surface area contributed by atoms with E-state index < -0.39 is 17.6 Å². The molecule has 1 saturated carbocycles. The summed E-state index contributed by atoms with van der Waals surface area (Å²) in [6, 6.07) is 16.3. The van der Waals surface area contributed by atoms with Crippen LogP contribution in [-0.4, -0.2) is 41.8 Å². The van der Waals surface area contributed by atoms with Crippen LogP contribution in [0.4, 0.5) is 4.79 Å². The first-order valence-electron chi connectivity index (χ1n) is 12.0. The maximum atomic E-state index is 12.5. The van der Waals surface area contributed by atoms with Gasteiger partial charge in [-0.1, -0.05) is 68.3 Å². The van der Waals surface area contributed by atoms with Gasteiger partial charge in [-0.25, -0.2) is 4.79 Å². The Morgan fingerprint density at radius 1 is 1.03 bits per heavy atom. The summed E-state index contributed by atoms with van der Waals surface area (Å²) in [5, 5.41) is 14.9. The fourth-order valence-electron chi connectivity index (χ4n) is 5.33. The summed E-state index contributed by atoms with van der Waals surface area (Å²) in [5.41, 5.74) is 4.03. The van der Waals surface area contributed by atoms with Crippen molar-refractivity contribution in [3.05, 3.63) is 59.7 Å². The Labute approximate surface area is 199 Å². The predicted octanol–water partition coefficient (Wildman–Crippen LogP) is 4.46. The van der Waals surface area contributed by atoms with Gasteiger partial charge in [-0.15, -0.1) is 0 Å². The molecule has 1 fully saturated rings. The summed E-state index contributed by atoms with van der Waals surface area (Å²) in [5.74, 6) is -1.18. The molecule has 4 rings (SSSR count). The monoisotopic (exact) mass is 464 g/mol. The lowest BCUT2D eigenvalue weighted by Crippen LogP contribution is -2.48. The second-order valence-electron chi connectivity index (χ2n) is 9.62. The zero-order chi connectivity index (χ0) is 24.1. The van der Waals surface area contributed by atoms with Gasteiger partial charge in [0.15, 0.2) is 0 Å². The Morgan fingerprint density at radius 2 is 1.62 bits per heavy atom. The lowest BCUT2D eigenvalue weighted by molar-refractivity contribution is -0.139. The molecular formula is C27H32N2O5. The maximum absolute atomic E-state index is 12.5. The Bertz CT molecular complexity index is 1010. The topological polar surface area (TPSA) is 105 Å². The Morgan fingerprint density at radius 3 is 2.21 bits per heavy atom. The molecule has 180 valence electrons. The van der Waals surface area contributed by atoms with Gasteiger partial charge in [0, 0.05) is 18.9 Å². The molecule has 7 heteroatoms. The molecule has 3 N–H and O–H groups in total. The van der Waals surface area contributed by atoms with Gasteiger partial charge < -0.3 is 20.5 Å². The molecule has 1 atom stereocenters. The van der Waals surface area contributed by atoms with Crippen LogP contribution in [0.1, 0.15) is 62.5 Å². The fourth-order valence-corrected chi connectivity index (χ4v) is 5.33. The minimum absolute atomic E-state index is 0.00168. The van der Waals surface area contributed by atoms with Crippen LogP contribution >= 0.6 is 0 Å². The number of ether oxygens (including phenoxy) is 1. The van der Waals surface area contributed by atoms with Crippen LogP contribution in [0.15, 0.2) is 48.5 Å². The largest absolute Gasteiger partial charge is 0.481 e. The van der Waals surface area contributed by atoms with Crippen LogP contribution in [-0.2, 0) is 14.3 Å². The second kappa shape index (κ2) is 10.3. The van der Waals surface area contributed by atoms with Crippen molar-refractivity contribution in [1.29, 1.82) is 0 Å². The van der Waals surface area contributed by atoms with E-state index in [2.05, 4.69) is 34.9 Å². The number of fused-ring (bicyclic) bond motifs is 3. The molecule has 0 aliphatic heterocycles. The van der Waals surface area contributed by atoms with E-state index in [0.29, 0.717) is 19.4 Å². The summed E-state index contributed by atoms with van der Waals surface area (Å²) < 4.78 is 5.55. The molecule has 0 saturated heterocycles. The van der Waals surface area contributed by atoms with Crippen LogP contribution in [0.3, 0.4) is 0 Å².